The lowest BCUT2D eigenvalue weighted by molar-refractivity contribution is 0.197. The highest BCUT2D eigenvalue weighted by Crippen LogP contribution is 2.32. The van der Waals surface area contributed by atoms with Crippen molar-refractivity contribution in [3.8, 4) is 11.5 Å². The Labute approximate surface area is 138 Å². The fourth-order valence-corrected chi connectivity index (χ4v) is 3.05. The predicted molar refractivity (Wildman–Crippen MR) is 93.7 cm³/mol. The molecule has 2 aromatic rings. The van der Waals surface area contributed by atoms with Gasteiger partial charge >= 0.3 is 0 Å². The number of nitrogen functional groups attached to an aromatic ring is 1. The third-order valence-corrected chi connectivity index (χ3v) is 4.40. The smallest absolute Gasteiger partial charge is 0.163 e. The van der Waals surface area contributed by atoms with Crippen molar-refractivity contribution < 1.29 is 9.47 Å². The SMILES string of the molecule is Nc1ccc(OCC2CCCCC2)c(OCc2ccccc2)c1. The van der Waals surface area contributed by atoms with Crippen LogP contribution in [-0.2, 0) is 6.61 Å². The lowest BCUT2D eigenvalue weighted by atomic mass is 9.90. The summed E-state index contributed by atoms with van der Waals surface area (Å²) in [7, 11) is 0. The van der Waals surface area contributed by atoms with Gasteiger partial charge in [-0.1, -0.05) is 49.6 Å². The van der Waals surface area contributed by atoms with Crippen LogP contribution in [0.15, 0.2) is 48.5 Å². The molecule has 23 heavy (non-hydrogen) atoms. The molecule has 0 bridgehead atoms. The lowest BCUT2D eigenvalue weighted by Crippen LogP contribution is -2.15. The molecule has 0 saturated heterocycles. The molecule has 0 unspecified atom stereocenters. The van der Waals surface area contributed by atoms with Gasteiger partial charge in [0.25, 0.3) is 0 Å². The summed E-state index contributed by atoms with van der Waals surface area (Å²) in [5, 5.41) is 0. The first-order valence-corrected chi connectivity index (χ1v) is 8.50. The molecule has 1 saturated carbocycles. The molecule has 3 rings (SSSR count). The third kappa shape index (κ3) is 4.65. The number of hydrogen-bond donors (Lipinski definition) is 1. The van der Waals surface area contributed by atoms with E-state index in [2.05, 4.69) is 12.1 Å². The van der Waals surface area contributed by atoms with Crippen LogP contribution in [0.3, 0.4) is 0 Å². The largest absolute Gasteiger partial charge is 0.489 e. The summed E-state index contributed by atoms with van der Waals surface area (Å²) >= 11 is 0. The van der Waals surface area contributed by atoms with E-state index in [-0.39, 0.29) is 0 Å². The van der Waals surface area contributed by atoms with Crippen LogP contribution >= 0.6 is 0 Å². The molecular formula is C20H25NO2. The van der Waals surface area contributed by atoms with Crippen molar-refractivity contribution >= 4 is 5.69 Å². The summed E-state index contributed by atoms with van der Waals surface area (Å²) in [5.74, 6) is 2.19. The van der Waals surface area contributed by atoms with E-state index in [0.29, 0.717) is 18.2 Å². The minimum absolute atomic E-state index is 0.518. The van der Waals surface area contributed by atoms with Gasteiger partial charge in [-0.25, -0.2) is 0 Å². The van der Waals surface area contributed by atoms with Crippen LogP contribution in [0.2, 0.25) is 0 Å². The van der Waals surface area contributed by atoms with Crippen molar-refractivity contribution in [2.45, 2.75) is 38.7 Å². The minimum Gasteiger partial charge on any atom is -0.489 e. The molecule has 122 valence electrons. The molecule has 2 N–H and O–H groups in total. The zero-order valence-electron chi connectivity index (χ0n) is 13.5. The number of rotatable bonds is 6. The molecule has 0 heterocycles. The predicted octanol–water partition coefficient (Wildman–Crippen LogP) is 4.81. The van der Waals surface area contributed by atoms with Gasteiger partial charge in [-0.15, -0.1) is 0 Å². The second-order valence-corrected chi connectivity index (χ2v) is 6.30. The molecule has 3 heteroatoms. The Balaban J connectivity index is 1.62. The van der Waals surface area contributed by atoms with Crippen LogP contribution in [0.1, 0.15) is 37.7 Å². The molecule has 0 aliphatic heterocycles. The molecule has 3 nitrogen and oxygen atoms in total. The minimum atomic E-state index is 0.518. The fourth-order valence-electron chi connectivity index (χ4n) is 3.05. The van der Waals surface area contributed by atoms with E-state index < -0.39 is 0 Å². The zero-order valence-corrected chi connectivity index (χ0v) is 13.5. The van der Waals surface area contributed by atoms with Gasteiger partial charge in [0, 0.05) is 11.8 Å². The number of hydrogen-bond acceptors (Lipinski definition) is 3. The van der Waals surface area contributed by atoms with Gasteiger partial charge in [0.05, 0.1) is 6.61 Å². The number of nitrogens with two attached hydrogens (primary N) is 1. The quantitative estimate of drug-likeness (QED) is 0.779. The fraction of sp³-hybridized carbons (Fsp3) is 0.400. The summed E-state index contributed by atoms with van der Waals surface area (Å²) in [6, 6.07) is 15.8. The molecule has 0 atom stereocenters. The Hall–Kier alpha value is -2.16. The normalized spacial score (nSPS) is 15.3. The van der Waals surface area contributed by atoms with E-state index in [0.717, 1.165) is 23.7 Å². The highest BCUT2D eigenvalue weighted by atomic mass is 16.5. The summed E-state index contributed by atoms with van der Waals surface area (Å²) in [5.41, 5.74) is 7.73. The van der Waals surface area contributed by atoms with E-state index in [9.17, 15) is 0 Å². The summed E-state index contributed by atoms with van der Waals surface area (Å²) in [6.07, 6.45) is 6.56. The Kier molecular flexibility index (Phi) is 5.41. The average molecular weight is 311 g/mol. The van der Waals surface area contributed by atoms with Crippen LogP contribution in [0.4, 0.5) is 5.69 Å². The molecule has 0 spiro atoms. The Morgan fingerprint density at radius 2 is 1.65 bits per heavy atom. The van der Waals surface area contributed by atoms with Gasteiger partial charge in [0.15, 0.2) is 11.5 Å². The summed E-state index contributed by atoms with van der Waals surface area (Å²) in [6.45, 7) is 1.29. The molecule has 2 aromatic carbocycles. The molecule has 1 aliphatic carbocycles. The van der Waals surface area contributed by atoms with Crippen LogP contribution in [-0.4, -0.2) is 6.61 Å². The van der Waals surface area contributed by atoms with Gasteiger partial charge in [-0.05, 0) is 36.5 Å². The second kappa shape index (κ2) is 7.91. The van der Waals surface area contributed by atoms with Crippen molar-refractivity contribution in [1.82, 2.24) is 0 Å². The topological polar surface area (TPSA) is 44.5 Å². The van der Waals surface area contributed by atoms with Crippen molar-refractivity contribution in [2.24, 2.45) is 5.92 Å². The maximum atomic E-state index is 6.04. The van der Waals surface area contributed by atoms with Crippen molar-refractivity contribution in [3.63, 3.8) is 0 Å². The van der Waals surface area contributed by atoms with E-state index in [4.69, 9.17) is 15.2 Å². The van der Waals surface area contributed by atoms with Gasteiger partial charge in [0.1, 0.15) is 6.61 Å². The first-order chi connectivity index (χ1) is 11.3. The maximum Gasteiger partial charge on any atom is 0.163 e. The summed E-state index contributed by atoms with van der Waals surface area (Å²) < 4.78 is 12.0. The second-order valence-electron chi connectivity index (χ2n) is 6.30. The van der Waals surface area contributed by atoms with Crippen LogP contribution < -0.4 is 15.2 Å². The van der Waals surface area contributed by atoms with E-state index in [1.165, 1.54) is 32.1 Å². The highest BCUT2D eigenvalue weighted by molar-refractivity contribution is 5.52. The van der Waals surface area contributed by atoms with E-state index in [1.807, 2.05) is 36.4 Å². The number of ether oxygens (including phenoxy) is 2. The Bertz CT molecular complexity index is 606. The van der Waals surface area contributed by atoms with E-state index >= 15 is 0 Å². The van der Waals surface area contributed by atoms with Crippen molar-refractivity contribution in [3.05, 3.63) is 54.1 Å². The van der Waals surface area contributed by atoms with Gasteiger partial charge in [-0.2, -0.15) is 0 Å². The molecule has 0 amide bonds. The first-order valence-electron chi connectivity index (χ1n) is 8.50. The zero-order chi connectivity index (χ0) is 15.9. The van der Waals surface area contributed by atoms with Crippen molar-refractivity contribution in [2.75, 3.05) is 12.3 Å². The molecular weight excluding hydrogens is 286 g/mol. The van der Waals surface area contributed by atoms with Gasteiger partial charge in [-0.3, -0.25) is 0 Å². The highest BCUT2D eigenvalue weighted by Gasteiger charge is 2.15. The monoisotopic (exact) mass is 311 g/mol. The van der Waals surface area contributed by atoms with Gasteiger partial charge < -0.3 is 15.2 Å². The van der Waals surface area contributed by atoms with Crippen molar-refractivity contribution in [1.29, 1.82) is 0 Å². The average Bonchev–Trinajstić information content (AvgIpc) is 2.61. The molecule has 0 radical (unpaired) electrons. The lowest BCUT2D eigenvalue weighted by Gasteiger charge is -2.22. The van der Waals surface area contributed by atoms with Gasteiger partial charge in [0.2, 0.25) is 0 Å². The maximum absolute atomic E-state index is 6.04. The molecule has 1 aliphatic rings. The van der Waals surface area contributed by atoms with Crippen LogP contribution in [0.5, 0.6) is 11.5 Å². The summed E-state index contributed by atoms with van der Waals surface area (Å²) in [4.78, 5) is 0. The van der Waals surface area contributed by atoms with Crippen LogP contribution in [0.25, 0.3) is 0 Å². The number of anilines is 1. The molecule has 0 aromatic heterocycles. The van der Waals surface area contributed by atoms with E-state index in [1.54, 1.807) is 0 Å². The Morgan fingerprint density at radius 3 is 2.43 bits per heavy atom. The molecule has 1 fully saturated rings. The third-order valence-electron chi connectivity index (χ3n) is 4.40. The Morgan fingerprint density at radius 1 is 0.870 bits per heavy atom. The number of benzene rings is 2. The standard InChI is InChI=1S/C20H25NO2/c21-18-11-12-19(22-14-16-7-3-1-4-8-16)20(13-18)23-15-17-9-5-2-6-10-17/h2,5-6,9-13,16H,1,3-4,7-8,14-15,21H2. The van der Waals surface area contributed by atoms with Crippen LogP contribution in [0, 0.1) is 5.92 Å². The first kappa shape index (κ1) is 15.7.